The van der Waals surface area contributed by atoms with Crippen molar-refractivity contribution in [3.8, 4) is 0 Å². The Kier molecular flexibility index (Phi) is 13.4. The van der Waals surface area contributed by atoms with Gasteiger partial charge in [0.05, 0.1) is 0 Å². The van der Waals surface area contributed by atoms with Crippen LogP contribution in [0.15, 0.2) is 0 Å². The van der Waals surface area contributed by atoms with Crippen LogP contribution in [0.4, 0.5) is 0 Å². The van der Waals surface area contributed by atoms with Crippen LogP contribution in [0.25, 0.3) is 0 Å². The molecule has 0 rings (SSSR count). The fraction of sp³-hybridized carbons (Fsp3) is 1.00. The molecule has 0 aromatic rings. The lowest BCUT2D eigenvalue weighted by molar-refractivity contribution is 0.692. The highest BCUT2D eigenvalue weighted by Gasteiger charge is 1.89. The lowest BCUT2D eigenvalue weighted by atomic mass is 10.3. The zero-order valence-corrected chi connectivity index (χ0v) is 5.30. The van der Waals surface area contributed by atoms with Crippen LogP contribution in [0.5, 0.6) is 0 Å². The predicted octanol–water partition coefficient (Wildman–Crippen LogP) is -2.19. The molecule has 0 radical (unpaired) electrons. The predicted molar refractivity (Wildman–Crippen MR) is 36.2 cm³/mol. The topological polar surface area (TPSA) is 104 Å². The van der Waals surface area contributed by atoms with Crippen molar-refractivity contribution in [2.45, 2.75) is 6.04 Å². The third kappa shape index (κ3) is 9.28. The maximum Gasteiger partial charge on any atom is 0.0287 e. The van der Waals surface area contributed by atoms with Gasteiger partial charge in [-0.25, -0.2) is 0 Å². The van der Waals surface area contributed by atoms with Gasteiger partial charge in [-0.3, -0.25) is 0 Å². The van der Waals surface area contributed by atoms with E-state index in [1.807, 2.05) is 0 Å². The van der Waals surface area contributed by atoms with Gasteiger partial charge in [0.2, 0.25) is 0 Å². The summed E-state index contributed by atoms with van der Waals surface area (Å²) >= 11 is 0. The van der Waals surface area contributed by atoms with Gasteiger partial charge in [0, 0.05) is 19.1 Å². The van der Waals surface area contributed by atoms with Crippen molar-refractivity contribution in [3.63, 3.8) is 0 Å². The molecule has 52 valence electrons. The van der Waals surface area contributed by atoms with Gasteiger partial charge in [0.25, 0.3) is 0 Å². The van der Waals surface area contributed by atoms with Crippen LogP contribution in [-0.2, 0) is 0 Å². The van der Waals surface area contributed by atoms with Gasteiger partial charge in [0.1, 0.15) is 0 Å². The number of hydrogen-bond donors (Lipinski definition) is 4. The van der Waals surface area contributed by atoms with Crippen molar-refractivity contribution >= 4 is 0 Å². The summed E-state index contributed by atoms with van der Waals surface area (Å²) in [5.74, 6) is 0. The highest BCUT2D eigenvalue weighted by atomic mass is 14.8. The van der Waals surface area contributed by atoms with Gasteiger partial charge in [-0.2, -0.15) is 0 Å². The molecule has 0 spiro atoms. The van der Waals surface area contributed by atoms with Crippen LogP contribution in [0.1, 0.15) is 0 Å². The van der Waals surface area contributed by atoms with E-state index in [0.717, 1.165) is 0 Å². The molecule has 8 heavy (non-hydrogen) atoms. The van der Waals surface area contributed by atoms with Gasteiger partial charge in [0.15, 0.2) is 0 Å². The van der Waals surface area contributed by atoms with E-state index in [9.17, 15) is 0 Å². The molecule has 0 saturated carbocycles. The van der Waals surface area contributed by atoms with Crippen LogP contribution < -0.4 is 22.9 Å². The Morgan fingerprint density at radius 2 is 1.38 bits per heavy atom. The highest BCUT2D eigenvalue weighted by molar-refractivity contribution is 4.59. The Balaban J connectivity index is 0. The van der Waals surface area contributed by atoms with E-state index in [0.29, 0.717) is 13.1 Å². The summed E-state index contributed by atoms with van der Waals surface area (Å²) in [5, 5.41) is 0. The summed E-state index contributed by atoms with van der Waals surface area (Å²) in [6.07, 6.45) is 0. The zero-order valence-electron chi connectivity index (χ0n) is 5.30. The molecule has 0 saturated heterocycles. The van der Waals surface area contributed by atoms with E-state index in [-0.39, 0.29) is 6.04 Å². The van der Waals surface area contributed by atoms with Crippen LogP contribution in [0, 0.1) is 0 Å². The smallest absolute Gasteiger partial charge is 0.0287 e. The Morgan fingerprint density at radius 3 is 1.38 bits per heavy atom. The summed E-state index contributed by atoms with van der Waals surface area (Å²) in [5.41, 5.74) is 19.9. The highest BCUT2D eigenvalue weighted by Crippen LogP contribution is 1.59. The average Bonchev–Trinajstić information content (AvgIpc) is 1.91. The largest absolute Gasteiger partial charge is 0.333 e. The molecule has 0 fully saturated rings. The minimum Gasteiger partial charge on any atom is -0.333 e. The summed E-state index contributed by atoms with van der Waals surface area (Å²) in [6.45, 7) is 0.965. The Bertz CT molecular complexity index is 27.2. The van der Waals surface area contributed by atoms with E-state index in [1.54, 1.807) is 0 Å². The Morgan fingerprint density at radius 1 is 1.12 bits per heavy atom. The SMILES string of the molecule is CN.NCC(N)CN. The van der Waals surface area contributed by atoms with Gasteiger partial charge in [-0.05, 0) is 7.05 Å². The lowest BCUT2D eigenvalue weighted by Crippen LogP contribution is -2.36. The second-order valence-corrected chi connectivity index (χ2v) is 1.23. The maximum absolute atomic E-state index is 5.22. The molecule has 4 heteroatoms. The molecule has 0 amide bonds. The van der Waals surface area contributed by atoms with Crippen LogP contribution in [-0.4, -0.2) is 26.2 Å². The second-order valence-electron chi connectivity index (χ2n) is 1.23. The zero-order chi connectivity index (χ0) is 6.99. The van der Waals surface area contributed by atoms with E-state index < -0.39 is 0 Å². The molecule has 8 N–H and O–H groups in total. The molecule has 0 heterocycles. The number of rotatable bonds is 2. The van der Waals surface area contributed by atoms with Gasteiger partial charge < -0.3 is 22.9 Å². The lowest BCUT2D eigenvalue weighted by Gasteiger charge is -1.99. The van der Waals surface area contributed by atoms with E-state index in [1.165, 1.54) is 7.05 Å². The summed E-state index contributed by atoms with van der Waals surface area (Å²) in [4.78, 5) is 0. The van der Waals surface area contributed by atoms with Crippen LogP contribution in [0.3, 0.4) is 0 Å². The number of nitrogens with two attached hydrogens (primary N) is 4. The summed E-state index contributed by atoms with van der Waals surface area (Å²) < 4.78 is 0. The molecule has 0 aromatic heterocycles. The van der Waals surface area contributed by atoms with Crippen molar-refractivity contribution in [1.82, 2.24) is 0 Å². The van der Waals surface area contributed by atoms with E-state index in [2.05, 4.69) is 5.73 Å². The fourth-order valence-corrected chi connectivity index (χ4v) is 0.0962. The van der Waals surface area contributed by atoms with Gasteiger partial charge >= 0.3 is 0 Å². The third-order valence-corrected chi connectivity index (χ3v) is 0.605. The van der Waals surface area contributed by atoms with Gasteiger partial charge in [-0.1, -0.05) is 0 Å². The monoisotopic (exact) mass is 120 g/mol. The van der Waals surface area contributed by atoms with Crippen LogP contribution in [0.2, 0.25) is 0 Å². The molecule has 0 aliphatic heterocycles. The van der Waals surface area contributed by atoms with Crippen LogP contribution >= 0.6 is 0 Å². The van der Waals surface area contributed by atoms with E-state index >= 15 is 0 Å². The molecular formula is C4H16N4. The Labute approximate surface area is 50.2 Å². The van der Waals surface area contributed by atoms with Crippen molar-refractivity contribution in [2.75, 3.05) is 20.1 Å². The first-order chi connectivity index (χ1) is 3.81. The molecule has 0 aliphatic carbocycles. The normalized spacial score (nSPS) is 8.25. The molecule has 0 unspecified atom stereocenters. The molecule has 0 aromatic carbocycles. The third-order valence-electron chi connectivity index (χ3n) is 0.605. The molecule has 0 bridgehead atoms. The molecular weight excluding hydrogens is 104 g/mol. The molecule has 0 aliphatic rings. The van der Waals surface area contributed by atoms with Crippen molar-refractivity contribution in [3.05, 3.63) is 0 Å². The quantitative estimate of drug-likeness (QED) is 0.332. The first-order valence-electron chi connectivity index (χ1n) is 2.54. The van der Waals surface area contributed by atoms with E-state index in [4.69, 9.17) is 17.2 Å². The second kappa shape index (κ2) is 9.96. The number of hydrogen-bond acceptors (Lipinski definition) is 4. The van der Waals surface area contributed by atoms with Gasteiger partial charge in [-0.15, -0.1) is 0 Å². The Hall–Kier alpha value is -0.160. The molecule has 0 atom stereocenters. The van der Waals surface area contributed by atoms with Crippen molar-refractivity contribution < 1.29 is 0 Å². The first-order valence-corrected chi connectivity index (χ1v) is 2.54. The summed E-state index contributed by atoms with van der Waals surface area (Å²) in [6, 6.07) is -0.00926. The fourth-order valence-electron chi connectivity index (χ4n) is 0.0962. The minimum absolute atomic E-state index is 0.00926. The summed E-state index contributed by atoms with van der Waals surface area (Å²) in [7, 11) is 1.50. The van der Waals surface area contributed by atoms with Crippen molar-refractivity contribution in [2.24, 2.45) is 22.9 Å². The standard InChI is InChI=1S/C3H11N3.CH5N/c4-1-3(6)2-5;1-2/h3H,1-2,4-6H2;2H2,1H3. The maximum atomic E-state index is 5.22. The first kappa shape index (κ1) is 10.8. The van der Waals surface area contributed by atoms with Crippen molar-refractivity contribution in [1.29, 1.82) is 0 Å². The minimum atomic E-state index is -0.00926. The molecule has 4 nitrogen and oxygen atoms in total. The average molecular weight is 120 g/mol.